The van der Waals surface area contributed by atoms with Crippen LogP contribution in [0.4, 0.5) is 5.69 Å². The van der Waals surface area contributed by atoms with Crippen molar-refractivity contribution < 1.29 is 43.1 Å². The predicted molar refractivity (Wildman–Crippen MR) is 112 cm³/mol. The maximum atomic E-state index is 11.3. The molecule has 10 nitrogen and oxygen atoms in total. The molecule has 0 atom stereocenters. The molecular weight excluding hydrogens is 410 g/mol. The number of rotatable bonds is 18. The number of amides is 1. The van der Waals surface area contributed by atoms with E-state index < -0.39 is 5.97 Å². The fraction of sp³-hybridized carbons (Fsp3) is 0.524. The summed E-state index contributed by atoms with van der Waals surface area (Å²) in [6.45, 7) is 7.97. The molecule has 0 heterocycles. The van der Waals surface area contributed by atoms with Crippen molar-refractivity contribution in [3.05, 3.63) is 30.5 Å². The number of carboxylic acid groups (broad SMARTS) is 1. The van der Waals surface area contributed by atoms with Crippen LogP contribution >= 0.6 is 0 Å². The number of allylic oxidation sites excluding steroid dienone is 1. The Balaban J connectivity index is 2.40. The number of ether oxygens (including phenoxy) is 6. The highest BCUT2D eigenvalue weighted by Crippen LogP contribution is 2.30. The Morgan fingerprint density at radius 2 is 1.55 bits per heavy atom. The average Bonchev–Trinajstić information content (AvgIpc) is 2.69. The molecule has 0 saturated carbocycles. The molecule has 0 fully saturated rings. The van der Waals surface area contributed by atoms with Crippen LogP contribution in [0, 0.1) is 0 Å². The number of benzene rings is 1. The van der Waals surface area contributed by atoms with Crippen molar-refractivity contribution in [2.75, 3.05) is 45.5 Å². The molecule has 2 N–H and O–H groups in total. The smallest absolute Gasteiger partial charge is 0.303 e. The first-order chi connectivity index (χ1) is 14.9. The third kappa shape index (κ3) is 13.9. The van der Waals surface area contributed by atoms with E-state index in [1.54, 1.807) is 25.1 Å². The second kappa shape index (κ2) is 15.9. The summed E-state index contributed by atoms with van der Waals surface area (Å²) in [7, 11) is 0. The molecule has 0 saturated heterocycles. The molecule has 0 radical (unpaired) electrons. The lowest BCUT2D eigenvalue weighted by Gasteiger charge is -2.15. The lowest BCUT2D eigenvalue weighted by Crippen LogP contribution is -2.10. The fourth-order valence-corrected chi connectivity index (χ4v) is 2.14. The molecule has 10 heteroatoms. The van der Waals surface area contributed by atoms with Crippen LogP contribution in [-0.4, -0.2) is 57.2 Å². The van der Waals surface area contributed by atoms with Gasteiger partial charge in [0.25, 0.3) is 0 Å². The number of carboxylic acids is 1. The van der Waals surface area contributed by atoms with E-state index in [1.807, 2.05) is 0 Å². The minimum Gasteiger partial charge on any atom is -0.481 e. The molecule has 0 aliphatic rings. The number of hydrogen-bond donors (Lipinski definition) is 2. The fourth-order valence-electron chi connectivity index (χ4n) is 2.14. The van der Waals surface area contributed by atoms with Crippen LogP contribution in [0.15, 0.2) is 30.5 Å². The van der Waals surface area contributed by atoms with E-state index in [0.717, 1.165) is 0 Å². The first-order valence-electron chi connectivity index (χ1n) is 9.79. The lowest BCUT2D eigenvalue weighted by molar-refractivity contribution is -0.137. The quantitative estimate of drug-likeness (QED) is 0.201. The van der Waals surface area contributed by atoms with E-state index in [2.05, 4.69) is 11.9 Å². The molecule has 0 aromatic heterocycles. The summed E-state index contributed by atoms with van der Waals surface area (Å²) in [6, 6.07) is 4.92. The highest BCUT2D eigenvalue weighted by molar-refractivity contribution is 5.89. The van der Waals surface area contributed by atoms with Crippen LogP contribution in [0.1, 0.15) is 33.1 Å². The zero-order chi connectivity index (χ0) is 22.9. The highest BCUT2D eigenvalue weighted by Gasteiger charge is 2.09. The molecule has 1 aromatic carbocycles. The molecule has 0 bridgehead atoms. The van der Waals surface area contributed by atoms with Gasteiger partial charge in [-0.15, -0.1) is 0 Å². The van der Waals surface area contributed by atoms with Gasteiger partial charge in [0.15, 0.2) is 31.9 Å². The molecule has 0 spiro atoms. The molecule has 0 unspecified atom stereocenters. The van der Waals surface area contributed by atoms with E-state index in [9.17, 15) is 9.59 Å². The van der Waals surface area contributed by atoms with Crippen molar-refractivity contribution in [1.29, 1.82) is 0 Å². The zero-order valence-corrected chi connectivity index (χ0v) is 18.0. The van der Waals surface area contributed by atoms with Gasteiger partial charge >= 0.3 is 5.97 Å². The Labute approximate surface area is 182 Å². The van der Waals surface area contributed by atoms with E-state index in [1.165, 1.54) is 6.92 Å². The second-order valence-electron chi connectivity index (χ2n) is 6.41. The second-order valence-corrected chi connectivity index (χ2v) is 6.41. The van der Waals surface area contributed by atoms with Crippen LogP contribution in [0.2, 0.25) is 0 Å². The number of anilines is 1. The monoisotopic (exact) mass is 441 g/mol. The number of aliphatic carboxylic acids is 1. The normalized spacial score (nSPS) is 10.4. The molecule has 0 aliphatic carbocycles. The van der Waals surface area contributed by atoms with Crippen LogP contribution in [0.5, 0.6) is 11.5 Å². The summed E-state index contributed by atoms with van der Waals surface area (Å²) in [5.41, 5.74) is 0.538. The van der Waals surface area contributed by atoms with Crippen LogP contribution < -0.4 is 14.8 Å². The Morgan fingerprint density at radius 1 is 0.935 bits per heavy atom. The lowest BCUT2D eigenvalue weighted by atomic mass is 10.2. The van der Waals surface area contributed by atoms with Gasteiger partial charge in [0.05, 0.1) is 25.6 Å². The Bertz CT molecular complexity index is 693. The van der Waals surface area contributed by atoms with Crippen LogP contribution in [0.3, 0.4) is 0 Å². The minimum atomic E-state index is -0.880. The van der Waals surface area contributed by atoms with Gasteiger partial charge in [0.2, 0.25) is 5.91 Å². The van der Waals surface area contributed by atoms with Crippen molar-refractivity contribution >= 4 is 17.6 Å². The predicted octanol–water partition coefficient (Wildman–Crippen LogP) is 3.13. The molecule has 31 heavy (non-hydrogen) atoms. The molecule has 1 aromatic rings. The van der Waals surface area contributed by atoms with E-state index in [4.69, 9.17) is 33.5 Å². The Morgan fingerprint density at radius 3 is 2.16 bits per heavy atom. The first-order valence-corrected chi connectivity index (χ1v) is 9.79. The van der Waals surface area contributed by atoms with Crippen molar-refractivity contribution in [2.24, 2.45) is 0 Å². The topological polar surface area (TPSA) is 122 Å². The van der Waals surface area contributed by atoms with Crippen molar-refractivity contribution in [3.8, 4) is 11.5 Å². The minimum absolute atomic E-state index is 0.00240. The maximum absolute atomic E-state index is 11.3. The molecular formula is C21H31NO9. The summed E-state index contributed by atoms with van der Waals surface area (Å²) in [5, 5.41) is 11.3. The average molecular weight is 441 g/mol. The summed E-state index contributed by atoms with van der Waals surface area (Å²) in [4.78, 5) is 21.8. The van der Waals surface area contributed by atoms with Crippen LogP contribution in [0.25, 0.3) is 0 Å². The van der Waals surface area contributed by atoms with Crippen molar-refractivity contribution in [2.45, 2.75) is 33.1 Å². The molecule has 1 amide bonds. The number of hydrogen-bond acceptors (Lipinski definition) is 8. The number of carbonyl (C=O) groups is 2. The first kappa shape index (κ1) is 26.2. The van der Waals surface area contributed by atoms with Gasteiger partial charge in [-0.2, -0.15) is 0 Å². The number of nitrogens with one attached hydrogen (secondary N) is 1. The van der Waals surface area contributed by atoms with Gasteiger partial charge in [-0.1, -0.05) is 6.58 Å². The Kier molecular flexibility index (Phi) is 13.5. The summed E-state index contributed by atoms with van der Waals surface area (Å²) in [5.74, 6) is 0.263. The summed E-state index contributed by atoms with van der Waals surface area (Å²) in [6.07, 6.45) is 1.07. The van der Waals surface area contributed by atoms with Gasteiger partial charge in [0.1, 0.15) is 0 Å². The highest BCUT2D eigenvalue weighted by atomic mass is 16.7. The van der Waals surface area contributed by atoms with E-state index in [-0.39, 0.29) is 39.3 Å². The summed E-state index contributed by atoms with van der Waals surface area (Å²) < 4.78 is 32.2. The van der Waals surface area contributed by atoms with Gasteiger partial charge < -0.3 is 38.8 Å². The largest absolute Gasteiger partial charge is 0.481 e. The number of carbonyl (C=O) groups excluding carboxylic acids is 1. The van der Waals surface area contributed by atoms with Gasteiger partial charge in [-0.3, -0.25) is 9.59 Å². The van der Waals surface area contributed by atoms with Gasteiger partial charge in [-0.25, -0.2) is 0 Å². The van der Waals surface area contributed by atoms with Gasteiger partial charge in [-0.05, 0) is 31.9 Å². The third-order valence-corrected chi connectivity index (χ3v) is 3.50. The van der Waals surface area contributed by atoms with Gasteiger partial charge in [0, 0.05) is 25.1 Å². The zero-order valence-electron chi connectivity index (χ0n) is 18.0. The van der Waals surface area contributed by atoms with Crippen LogP contribution in [-0.2, 0) is 28.5 Å². The van der Waals surface area contributed by atoms with E-state index >= 15 is 0 Å². The van der Waals surface area contributed by atoms with E-state index in [0.29, 0.717) is 49.0 Å². The molecule has 1 rings (SSSR count). The molecule has 0 aliphatic heterocycles. The maximum Gasteiger partial charge on any atom is 0.303 e. The van der Waals surface area contributed by atoms with Crippen molar-refractivity contribution in [3.63, 3.8) is 0 Å². The SMILES string of the molecule is C=C(C)OCOCCCOCOc1ccc(NC(C)=O)cc1OCOCCCC(=O)O. The summed E-state index contributed by atoms with van der Waals surface area (Å²) >= 11 is 0. The molecule has 174 valence electrons. The standard InChI is InChI=1S/C21H31NO9/c1-16(2)29-13-27-10-5-11-28-14-30-19-8-7-18(22-17(3)23)12-20(19)31-15-26-9-4-6-21(24)25/h7-8,12H,1,4-6,9-11,13-15H2,2-3H3,(H,22,23)(H,24,25). The third-order valence-electron chi connectivity index (χ3n) is 3.50. The Hall–Kier alpha value is -2.82. The van der Waals surface area contributed by atoms with Crippen molar-refractivity contribution in [1.82, 2.24) is 0 Å².